The summed E-state index contributed by atoms with van der Waals surface area (Å²) in [6, 6.07) is 5.91. The summed E-state index contributed by atoms with van der Waals surface area (Å²) in [5.74, 6) is 1.99. The maximum absolute atomic E-state index is 6.01. The van der Waals surface area contributed by atoms with Crippen molar-refractivity contribution in [2.75, 3.05) is 11.5 Å². The molecule has 2 N–H and O–H groups in total. The molecule has 3 heteroatoms. The molecule has 0 aliphatic carbocycles. The summed E-state index contributed by atoms with van der Waals surface area (Å²) in [6.07, 6.45) is 5.22. The molecule has 1 aromatic carbocycles. The molecular formula is C14H22ClNS. The topological polar surface area (TPSA) is 26.0 Å². The molecule has 17 heavy (non-hydrogen) atoms. The summed E-state index contributed by atoms with van der Waals surface area (Å²) in [7, 11) is 0. The number of nitrogen functional groups attached to an aromatic ring is 1. The lowest BCUT2D eigenvalue weighted by Crippen LogP contribution is -2.02. The van der Waals surface area contributed by atoms with E-state index in [1.807, 2.05) is 23.9 Å². The fraction of sp³-hybridized carbons (Fsp3) is 0.571. The number of hydrogen-bond donors (Lipinski definition) is 1. The highest BCUT2D eigenvalue weighted by atomic mass is 35.5. The van der Waals surface area contributed by atoms with Crippen LogP contribution in [0.25, 0.3) is 0 Å². The molecule has 0 heterocycles. The second-order valence-electron chi connectivity index (χ2n) is 4.41. The van der Waals surface area contributed by atoms with Gasteiger partial charge in [0.2, 0.25) is 0 Å². The zero-order chi connectivity index (χ0) is 12.7. The van der Waals surface area contributed by atoms with Crippen molar-refractivity contribution in [2.24, 2.45) is 5.92 Å². The lowest BCUT2D eigenvalue weighted by molar-refractivity contribution is 0.499. The maximum Gasteiger partial charge on any atom is 0.0646 e. The quantitative estimate of drug-likeness (QED) is 0.543. The molecule has 0 fully saturated rings. The van der Waals surface area contributed by atoms with E-state index in [0.29, 0.717) is 10.7 Å². The first-order chi connectivity index (χ1) is 8.17. The Labute approximate surface area is 114 Å². The van der Waals surface area contributed by atoms with Crippen LogP contribution in [-0.2, 0) is 0 Å². The fourth-order valence-corrected chi connectivity index (χ4v) is 3.15. The van der Waals surface area contributed by atoms with Gasteiger partial charge in [-0.2, -0.15) is 0 Å². The molecule has 0 aromatic heterocycles. The van der Waals surface area contributed by atoms with Crippen LogP contribution in [0.3, 0.4) is 0 Å². The number of anilines is 1. The molecule has 96 valence electrons. The van der Waals surface area contributed by atoms with Gasteiger partial charge < -0.3 is 5.73 Å². The third kappa shape index (κ3) is 5.22. The van der Waals surface area contributed by atoms with Crippen LogP contribution in [0, 0.1) is 5.92 Å². The van der Waals surface area contributed by atoms with Gasteiger partial charge in [0.1, 0.15) is 0 Å². The Kier molecular flexibility index (Phi) is 6.83. The van der Waals surface area contributed by atoms with Crippen molar-refractivity contribution in [1.82, 2.24) is 0 Å². The highest BCUT2D eigenvalue weighted by Gasteiger charge is 2.07. The van der Waals surface area contributed by atoms with Gasteiger partial charge in [0.05, 0.1) is 10.7 Å². The lowest BCUT2D eigenvalue weighted by atomic mass is 10.0. The maximum atomic E-state index is 6.01. The summed E-state index contributed by atoms with van der Waals surface area (Å²) in [4.78, 5) is 1.22. The molecule has 0 saturated carbocycles. The minimum Gasteiger partial charge on any atom is -0.398 e. The minimum absolute atomic E-state index is 0.661. The zero-order valence-electron chi connectivity index (χ0n) is 10.7. The van der Waals surface area contributed by atoms with E-state index >= 15 is 0 Å². The zero-order valence-corrected chi connectivity index (χ0v) is 12.3. The van der Waals surface area contributed by atoms with Crippen molar-refractivity contribution in [1.29, 1.82) is 0 Å². The first-order valence-electron chi connectivity index (χ1n) is 6.35. The number of benzene rings is 1. The first kappa shape index (κ1) is 14.7. The van der Waals surface area contributed by atoms with Gasteiger partial charge in [-0.1, -0.05) is 44.7 Å². The summed E-state index contributed by atoms with van der Waals surface area (Å²) < 4.78 is 0. The van der Waals surface area contributed by atoms with Crippen LogP contribution >= 0.6 is 23.4 Å². The summed E-state index contributed by atoms with van der Waals surface area (Å²) in [6.45, 7) is 4.52. The van der Waals surface area contributed by atoms with Crippen molar-refractivity contribution in [2.45, 2.75) is 44.4 Å². The van der Waals surface area contributed by atoms with Crippen LogP contribution in [0.2, 0.25) is 5.02 Å². The first-order valence-corrected chi connectivity index (χ1v) is 7.71. The van der Waals surface area contributed by atoms with Crippen LogP contribution < -0.4 is 5.73 Å². The Bertz CT molecular complexity index is 341. The Balaban J connectivity index is 2.45. The van der Waals surface area contributed by atoms with Crippen molar-refractivity contribution in [3.63, 3.8) is 0 Å². The summed E-state index contributed by atoms with van der Waals surface area (Å²) in [5, 5.41) is 0.664. The SMILES string of the molecule is CCCCC(CC)CSc1ccc(N)c(Cl)c1. The Morgan fingerprint density at radius 2 is 2.12 bits per heavy atom. The Morgan fingerprint density at radius 3 is 2.71 bits per heavy atom. The minimum atomic E-state index is 0.661. The van der Waals surface area contributed by atoms with Gasteiger partial charge >= 0.3 is 0 Å². The molecule has 1 rings (SSSR count). The van der Waals surface area contributed by atoms with Crippen LogP contribution in [0.4, 0.5) is 5.69 Å². The number of thioether (sulfide) groups is 1. The predicted molar refractivity (Wildman–Crippen MR) is 79.9 cm³/mol. The van der Waals surface area contributed by atoms with Crippen LogP contribution in [-0.4, -0.2) is 5.75 Å². The van der Waals surface area contributed by atoms with Gasteiger partial charge in [-0.3, -0.25) is 0 Å². The monoisotopic (exact) mass is 271 g/mol. The van der Waals surface area contributed by atoms with Gasteiger partial charge in [0.15, 0.2) is 0 Å². The second-order valence-corrected chi connectivity index (χ2v) is 5.91. The smallest absolute Gasteiger partial charge is 0.0646 e. The van der Waals surface area contributed by atoms with E-state index in [1.165, 1.54) is 36.3 Å². The number of unbranched alkanes of at least 4 members (excludes halogenated alkanes) is 1. The summed E-state index contributed by atoms with van der Waals surface area (Å²) in [5.41, 5.74) is 6.36. The molecule has 0 saturated heterocycles. The number of halogens is 1. The Hall–Kier alpha value is -0.340. The second kappa shape index (κ2) is 7.88. The highest BCUT2D eigenvalue weighted by Crippen LogP contribution is 2.29. The van der Waals surface area contributed by atoms with Crippen molar-refractivity contribution in [3.05, 3.63) is 23.2 Å². The van der Waals surface area contributed by atoms with Gasteiger partial charge in [-0.25, -0.2) is 0 Å². The molecule has 1 nitrogen and oxygen atoms in total. The molecule has 0 spiro atoms. The van der Waals surface area contributed by atoms with E-state index in [0.717, 1.165) is 5.92 Å². The molecule has 0 bridgehead atoms. The standard InChI is InChI=1S/C14H22ClNS/c1-3-5-6-11(4-2)10-17-12-7-8-14(16)13(15)9-12/h7-9,11H,3-6,10,16H2,1-2H3. The van der Waals surface area contributed by atoms with Crippen molar-refractivity contribution >= 4 is 29.1 Å². The van der Waals surface area contributed by atoms with Crippen LogP contribution in [0.5, 0.6) is 0 Å². The number of nitrogens with two attached hydrogens (primary N) is 1. The molecule has 1 aromatic rings. The van der Waals surface area contributed by atoms with Gasteiger partial charge in [-0.15, -0.1) is 11.8 Å². The van der Waals surface area contributed by atoms with Crippen LogP contribution in [0.15, 0.2) is 23.1 Å². The van der Waals surface area contributed by atoms with Crippen molar-refractivity contribution in [3.8, 4) is 0 Å². The molecular weight excluding hydrogens is 250 g/mol. The van der Waals surface area contributed by atoms with Gasteiger partial charge in [0.25, 0.3) is 0 Å². The summed E-state index contributed by atoms with van der Waals surface area (Å²) >= 11 is 7.89. The van der Waals surface area contributed by atoms with E-state index in [-0.39, 0.29) is 0 Å². The van der Waals surface area contributed by atoms with Gasteiger partial charge in [-0.05, 0) is 30.5 Å². The van der Waals surface area contributed by atoms with E-state index in [1.54, 1.807) is 0 Å². The Morgan fingerprint density at radius 1 is 1.35 bits per heavy atom. The average molecular weight is 272 g/mol. The fourth-order valence-electron chi connectivity index (χ4n) is 1.71. The number of rotatable bonds is 7. The number of hydrogen-bond acceptors (Lipinski definition) is 2. The predicted octanol–water partition coefficient (Wildman–Crippen LogP) is 5.23. The molecule has 1 unspecified atom stereocenters. The van der Waals surface area contributed by atoms with Gasteiger partial charge in [0, 0.05) is 10.6 Å². The van der Waals surface area contributed by atoms with E-state index in [4.69, 9.17) is 17.3 Å². The molecule has 0 aliphatic heterocycles. The average Bonchev–Trinajstić information content (AvgIpc) is 2.34. The molecule has 0 aliphatic rings. The van der Waals surface area contributed by atoms with Crippen molar-refractivity contribution < 1.29 is 0 Å². The lowest BCUT2D eigenvalue weighted by Gasteiger charge is -2.14. The highest BCUT2D eigenvalue weighted by molar-refractivity contribution is 7.99. The normalized spacial score (nSPS) is 12.6. The third-order valence-corrected chi connectivity index (χ3v) is 4.55. The molecule has 1 atom stereocenters. The van der Waals surface area contributed by atoms with Crippen LogP contribution in [0.1, 0.15) is 39.5 Å². The largest absolute Gasteiger partial charge is 0.398 e. The van der Waals surface area contributed by atoms with E-state index in [2.05, 4.69) is 19.9 Å². The van der Waals surface area contributed by atoms with E-state index in [9.17, 15) is 0 Å². The molecule has 0 radical (unpaired) electrons. The third-order valence-electron chi connectivity index (χ3n) is 3.00. The van der Waals surface area contributed by atoms with E-state index < -0.39 is 0 Å². The molecule has 0 amide bonds.